The summed E-state index contributed by atoms with van der Waals surface area (Å²) >= 11 is 6.49. The monoisotopic (exact) mass is 585 g/mol. The van der Waals surface area contributed by atoms with Crippen LogP contribution >= 0.6 is 11.6 Å². The number of aryl methyl sites for hydroxylation is 3. The smallest absolute Gasteiger partial charge is 0.408 e. The van der Waals surface area contributed by atoms with Crippen LogP contribution in [0.2, 0.25) is 5.02 Å². The third-order valence-corrected chi connectivity index (χ3v) is 7.22. The van der Waals surface area contributed by atoms with Crippen LogP contribution in [0.1, 0.15) is 95.5 Å². The van der Waals surface area contributed by atoms with Gasteiger partial charge in [0, 0.05) is 6.54 Å². The molecule has 3 amide bonds. The first kappa shape index (κ1) is 34.1. The van der Waals surface area contributed by atoms with E-state index in [1.54, 1.807) is 31.7 Å². The fourth-order valence-corrected chi connectivity index (χ4v) is 4.96. The number of halogens is 1. The van der Waals surface area contributed by atoms with Gasteiger partial charge in [-0.2, -0.15) is 0 Å². The van der Waals surface area contributed by atoms with Gasteiger partial charge in [0.15, 0.2) is 0 Å². The second kappa shape index (κ2) is 15.2. The van der Waals surface area contributed by atoms with E-state index >= 15 is 0 Å². The molecule has 7 nitrogen and oxygen atoms in total. The Hall–Kier alpha value is -3.06. The Bertz CT molecular complexity index is 1190. The van der Waals surface area contributed by atoms with Crippen LogP contribution in [-0.4, -0.2) is 41.0 Å². The van der Waals surface area contributed by atoms with Crippen molar-refractivity contribution in [3.8, 4) is 0 Å². The average molecular weight is 586 g/mol. The number of anilines is 1. The van der Waals surface area contributed by atoms with Gasteiger partial charge >= 0.3 is 6.09 Å². The summed E-state index contributed by atoms with van der Waals surface area (Å²) in [6.45, 7) is 17.3. The zero-order valence-electron chi connectivity index (χ0n) is 26.2. The van der Waals surface area contributed by atoms with Crippen molar-refractivity contribution in [2.45, 2.75) is 106 Å². The van der Waals surface area contributed by atoms with Crippen LogP contribution in [0, 0.1) is 26.7 Å². The van der Waals surface area contributed by atoms with Crippen molar-refractivity contribution >= 4 is 35.2 Å². The van der Waals surface area contributed by atoms with E-state index in [0.29, 0.717) is 17.3 Å². The van der Waals surface area contributed by atoms with Gasteiger partial charge < -0.3 is 20.3 Å². The number of benzene rings is 2. The molecular weight excluding hydrogens is 538 g/mol. The van der Waals surface area contributed by atoms with Crippen molar-refractivity contribution in [3.05, 3.63) is 63.7 Å². The first-order chi connectivity index (χ1) is 19.2. The molecule has 2 rings (SSSR count). The van der Waals surface area contributed by atoms with Crippen LogP contribution in [0.5, 0.6) is 0 Å². The van der Waals surface area contributed by atoms with Gasteiger partial charge in [0.1, 0.15) is 17.7 Å². The van der Waals surface area contributed by atoms with E-state index in [0.717, 1.165) is 47.9 Å². The number of nitrogens with one attached hydrogen (secondary N) is 2. The molecule has 2 atom stereocenters. The zero-order chi connectivity index (χ0) is 30.9. The van der Waals surface area contributed by atoms with Gasteiger partial charge in [-0.3, -0.25) is 9.59 Å². The summed E-state index contributed by atoms with van der Waals surface area (Å²) in [7, 11) is 0. The normalized spacial score (nSPS) is 13.0. The van der Waals surface area contributed by atoms with Crippen molar-refractivity contribution in [2.24, 2.45) is 5.92 Å². The maximum atomic E-state index is 14.4. The van der Waals surface area contributed by atoms with Gasteiger partial charge in [-0.15, -0.1) is 0 Å². The number of nitrogens with zero attached hydrogens (tertiary/aromatic N) is 1. The molecule has 0 aliphatic heterocycles. The summed E-state index contributed by atoms with van der Waals surface area (Å²) < 4.78 is 5.48. The highest BCUT2D eigenvalue weighted by atomic mass is 35.5. The largest absolute Gasteiger partial charge is 0.444 e. The molecule has 226 valence electrons. The van der Waals surface area contributed by atoms with Crippen LogP contribution < -0.4 is 10.6 Å². The highest BCUT2D eigenvalue weighted by Crippen LogP contribution is 2.32. The number of alkyl carbamates (subject to hydrolysis) is 1. The summed E-state index contributed by atoms with van der Waals surface area (Å²) in [4.78, 5) is 43.1. The molecule has 0 bridgehead atoms. The Morgan fingerprint density at radius 3 is 2.24 bits per heavy atom. The number of carbonyl (C=O) groups excluding carboxylic acids is 3. The van der Waals surface area contributed by atoms with E-state index in [2.05, 4.69) is 17.6 Å². The molecule has 2 aromatic carbocycles. The summed E-state index contributed by atoms with van der Waals surface area (Å²) in [6, 6.07) is 9.50. The van der Waals surface area contributed by atoms with Gasteiger partial charge in [-0.25, -0.2) is 4.79 Å². The van der Waals surface area contributed by atoms with Gasteiger partial charge in [0.25, 0.3) is 5.91 Å². The van der Waals surface area contributed by atoms with Crippen LogP contribution in [-0.2, 0) is 14.3 Å². The van der Waals surface area contributed by atoms with Gasteiger partial charge in [0.05, 0.1) is 10.7 Å². The topological polar surface area (TPSA) is 87.7 Å². The van der Waals surface area contributed by atoms with E-state index in [9.17, 15) is 14.4 Å². The fraction of sp³-hybridized carbons (Fsp3) is 0.545. The fourth-order valence-electron chi connectivity index (χ4n) is 4.69. The number of ether oxygens (including phenoxy) is 1. The van der Waals surface area contributed by atoms with E-state index in [1.165, 1.54) is 0 Å². The Labute approximate surface area is 251 Å². The Morgan fingerprint density at radius 2 is 1.66 bits per heavy atom. The zero-order valence-corrected chi connectivity index (χ0v) is 26.9. The number of hydrogen-bond acceptors (Lipinski definition) is 4. The lowest BCUT2D eigenvalue weighted by Crippen LogP contribution is -2.54. The first-order valence-electron chi connectivity index (χ1n) is 14.6. The summed E-state index contributed by atoms with van der Waals surface area (Å²) in [5.41, 5.74) is 3.21. The molecule has 0 fully saturated rings. The summed E-state index contributed by atoms with van der Waals surface area (Å²) in [5, 5.41) is 6.23. The van der Waals surface area contributed by atoms with Crippen LogP contribution in [0.15, 0.2) is 36.4 Å². The van der Waals surface area contributed by atoms with Crippen LogP contribution in [0.4, 0.5) is 10.5 Å². The standard InChI is InChI=1S/C33H48ClN3O4/c1-10-11-12-13-19-37(31(39)27(21(2)3)36-32(40)41-33(7,8)9)29(25-20-22(4)17-18-23(25)5)30(38)35-28-24(6)15-14-16-26(28)34/h14-18,20-21,27,29H,10-13,19H2,1-9H3,(H,35,38)(H,36,40). The van der Waals surface area contributed by atoms with Crippen molar-refractivity contribution < 1.29 is 19.1 Å². The predicted molar refractivity (Wildman–Crippen MR) is 167 cm³/mol. The molecule has 0 saturated heterocycles. The molecule has 0 spiro atoms. The molecule has 2 unspecified atom stereocenters. The lowest BCUT2D eigenvalue weighted by Gasteiger charge is -2.36. The predicted octanol–water partition coefficient (Wildman–Crippen LogP) is 7.90. The Morgan fingerprint density at radius 1 is 0.976 bits per heavy atom. The highest BCUT2D eigenvalue weighted by molar-refractivity contribution is 6.34. The Balaban J connectivity index is 2.63. The van der Waals surface area contributed by atoms with E-state index < -0.39 is 23.8 Å². The molecule has 0 aliphatic carbocycles. The third-order valence-electron chi connectivity index (χ3n) is 6.90. The highest BCUT2D eigenvalue weighted by Gasteiger charge is 2.38. The number of amides is 3. The minimum atomic E-state index is -0.943. The molecule has 8 heteroatoms. The molecule has 0 aromatic heterocycles. The van der Waals surface area contributed by atoms with Crippen molar-refractivity contribution in [1.82, 2.24) is 10.2 Å². The summed E-state index contributed by atoms with van der Waals surface area (Å²) in [6.07, 6.45) is 3.02. The van der Waals surface area contributed by atoms with Gasteiger partial charge in [-0.1, -0.05) is 87.5 Å². The molecule has 0 saturated carbocycles. The van der Waals surface area contributed by atoms with Gasteiger partial charge in [0.2, 0.25) is 5.91 Å². The second-order valence-corrected chi connectivity index (χ2v) is 12.6. The van der Waals surface area contributed by atoms with Crippen LogP contribution in [0.25, 0.3) is 0 Å². The second-order valence-electron chi connectivity index (χ2n) is 12.1. The Kier molecular flexibility index (Phi) is 12.7. The summed E-state index contributed by atoms with van der Waals surface area (Å²) in [5.74, 6) is -0.945. The third kappa shape index (κ3) is 10.1. The van der Waals surface area contributed by atoms with Crippen molar-refractivity contribution in [3.63, 3.8) is 0 Å². The molecule has 0 aliphatic rings. The molecule has 2 aromatic rings. The lowest BCUT2D eigenvalue weighted by molar-refractivity contribution is -0.141. The quantitative estimate of drug-likeness (QED) is 0.248. The molecule has 0 radical (unpaired) electrons. The van der Waals surface area contributed by atoms with E-state index in [4.69, 9.17) is 16.3 Å². The van der Waals surface area contributed by atoms with Crippen molar-refractivity contribution in [2.75, 3.05) is 11.9 Å². The number of carbonyl (C=O) groups is 3. The SMILES string of the molecule is CCCCCCN(C(=O)C(NC(=O)OC(C)(C)C)C(C)C)C(C(=O)Nc1c(C)cccc1Cl)c1cc(C)ccc1C. The number of rotatable bonds is 12. The number of unbranched alkanes of at least 4 members (excludes halogenated alkanes) is 3. The van der Waals surface area contributed by atoms with Crippen LogP contribution in [0.3, 0.4) is 0 Å². The number of hydrogen-bond donors (Lipinski definition) is 2. The molecule has 0 heterocycles. The maximum absolute atomic E-state index is 14.4. The molecule has 2 N–H and O–H groups in total. The van der Waals surface area contributed by atoms with E-state index in [-0.39, 0.29) is 17.7 Å². The maximum Gasteiger partial charge on any atom is 0.408 e. The lowest BCUT2D eigenvalue weighted by atomic mass is 9.94. The number of para-hydroxylation sites is 1. The molecule has 41 heavy (non-hydrogen) atoms. The minimum Gasteiger partial charge on any atom is -0.444 e. The van der Waals surface area contributed by atoms with E-state index in [1.807, 2.05) is 65.0 Å². The van der Waals surface area contributed by atoms with Crippen molar-refractivity contribution in [1.29, 1.82) is 0 Å². The average Bonchev–Trinajstić information content (AvgIpc) is 2.87. The molecular formula is C33H48ClN3O4. The minimum absolute atomic E-state index is 0.249. The first-order valence-corrected chi connectivity index (χ1v) is 15.0. The van der Waals surface area contributed by atoms with Gasteiger partial charge in [-0.05, 0) is 76.6 Å².